The van der Waals surface area contributed by atoms with Gasteiger partial charge in [0.1, 0.15) is 11.5 Å². The summed E-state index contributed by atoms with van der Waals surface area (Å²) in [7, 11) is 0. The molecule has 0 radical (unpaired) electrons. The average molecular weight is 543 g/mol. The number of hydrogen-bond donors (Lipinski definition) is 1. The van der Waals surface area contributed by atoms with Gasteiger partial charge in [-0.25, -0.2) is 4.68 Å². The first-order valence-corrected chi connectivity index (χ1v) is 13.7. The van der Waals surface area contributed by atoms with Crippen LogP contribution in [0, 0.1) is 6.92 Å². The van der Waals surface area contributed by atoms with Crippen LogP contribution in [0.4, 0.5) is 11.5 Å². The second-order valence-electron chi connectivity index (χ2n) is 12.4. The highest BCUT2D eigenvalue weighted by Crippen LogP contribution is 2.27. The second kappa shape index (κ2) is 10.5. The lowest BCUT2D eigenvalue weighted by molar-refractivity contribution is 0.102. The molecule has 1 aliphatic heterocycles. The van der Waals surface area contributed by atoms with Crippen LogP contribution < -0.4 is 10.2 Å². The number of nitrogens with one attached hydrogen (secondary N) is 1. The molecule has 1 aromatic carbocycles. The molecule has 1 aliphatic rings. The van der Waals surface area contributed by atoms with Gasteiger partial charge in [0.15, 0.2) is 5.82 Å². The smallest absolute Gasteiger partial charge is 0.256 e. The fourth-order valence-corrected chi connectivity index (χ4v) is 4.76. The highest BCUT2D eigenvalue weighted by atomic mass is 16.5. The quantitative estimate of drug-likeness (QED) is 0.372. The summed E-state index contributed by atoms with van der Waals surface area (Å²) in [6.07, 6.45) is 5.59. The molecule has 3 aromatic heterocycles. The van der Waals surface area contributed by atoms with E-state index in [4.69, 9.17) is 4.52 Å². The van der Waals surface area contributed by atoms with Gasteiger partial charge in [-0.05, 0) is 51.5 Å². The Morgan fingerprint density at radius 3 is 2.40 bits per heavy atom. The normalized spacial score (nSPS) is 14.9. The van der Waals surface area contributed by atoms with Crippen LogP contribution in [0.25, 0.3) is 16.9 Å². The molecule has 10 nitrogen and oxygen atoms in total. The van der Waals surface area contributed by atoms with Crippen LogP contribution in [0.15, 0.2) is 53.4 Å². The topological polar surface area (TPSA) is 105 Å². The molecule has 1 fully saturated rings. The van der Waals surface area contributed by atoms with Gasteiger partial charge in [0.2, 0.25) is 0 Å². The predicted molar refractivity (Wildman–Crippen MR) is 156 cm³/mol. The summed E-state index contributed by atoms with van der Waals surface area (Å²) in [4.78, 5) is 22.4. The van der Waals surface area contributed by atoms with Crippen molar-refractivity contribution in [2.75, 3.05) is 36.4 Å². The van der Waals surface area contributed by atoms with Crippen molar-refractivity contribution in [3.05, 3.63) is 65.8 Å². The Morgan fingerprint density at radius 2 is 1.73 bits per heavy atom. The first kappa shape index (κ1) is 27.5. The van der Waals surface area contributed by atoms with Gasteiger partial charge in [-0.1, -0.05) is 37.2 Å². The first-order valence-electron chi connectivity index (χ1n) is 13.7. The Bertz CT molecular complexity index is 1500. The Hall–Kier alpha value is -4.05. The van der Waals surface area contributed by atoms with E-state index >= 15 is 0 Å². The van der Waals surface area contributed by atoms with E-state index in [0.717, 1.165) is 48.7 Å². The fourth-order valence-electron chi connectivity index (χ4n) is 4.76. The van der Waals surface area contributed by atoms with Crippen molar-refractivity contribution in [3.8, 4) is 16.9 Å². The molecule has 10 heteroatoms. The predicted octanol–water partition coefficient (Wildman–Crippen LogP) is 5.10. The number of nitrogens with zero attached hydrogens (tertiary/aromatic N) is 7. The molecule has 0 spiro atoms. The molecule has 4 heterocycles. The van der Waals surface area contributed by atoms with Gasteiger partial charge in [-0.15, -0.1) is 5.10 Å². The van der Waals surface area contributed by atoms with Crippen LogP contribution in [-0.2, 0) is 5.41 Å². The van der Waals surface area contributed by atoms with Crippen LogP contribution >= 0.6 is 0 Å². The van der Waals surface area contributed by atoms with Gasteiger partial charge < -0.3 is 14.7 Å². The van der Waals surface area contributed by atoms with Gasteiger partial charge in [-0.2, -0.15) is 0 Å². The zero-order valence-corrected chi connectivity index (χ0v) is 24.4. The minimum absolute atomic E-state index is 0.173. The van der Waals surface area contributed by atoms with Crippen molar-refractivity contribution in [3.63, 3.8) is 0 Å². The molecule has 210 valence electrons. The number of rotatable bonds is 5. The SMILES string of the molecule is Cc1ccc(C(=O)Nc2cc(C(C)(C)C)on2)cc1-n1cc(-c2cncc(N3CCN(C(C)(C)C)CC3)c2)nn1. The van der Waals surface area contributed by atoms with Crippen molar-refractivity contribution in [1.82, 2.24) is 30.0 Å². The minimum atomic E-state index is -0.279. The third-order valence-corrected chi connectivity index (χ3v) is 7.32. The van der Waals surface area contributed by atoms with Crippen LogP contribution in [0.3, 0.4) is 0 Å². The Kier molecular flexibility index (Phi) is 7.22. The number of piperazine rings is 1. The Balaban J connectivity index is 1.32. The van der Waals surface area contributed by atoms with Crippen LogP contribution in [-0.4, -0.2) is 67.7 Å². The molecule has 1 amide bonds. The number of aromatic nitrogens is 5. The molecule has 0 atom stereocenters. The number of pyridine rings is 1. The summed E-state index contributed by atoms with van der Waals surface area (Å²) in [5.74, 6) is 0.805. The molecule has 0 bridgehead atoms. The zero-order chi connectivity index (χ0) is 28.7. The molecule has 40 heavy (non-hydrogen) atoms. The summed E-state index contributed by atoms with van der Waals surface area (Å²) in [5.41, 5.74) is 4.88. The highest BCUT2D eigenvalue weighted by Gasteiger charge is 2.26. The number of carbonyl (C=O) groups is 1. The maximum Gasteiger partial charge on any atom is 0.256 e. The molecule has 0 aliphatic carbocycles. The number of amides is 1. The summed E-state index contributed by atoms with van der Waals surface area (Å²) in [5, 5.41) is 15.6. The van der Waals surface area contributed by atoms with E-state index < -0.39 is 0 Å². The third kappa shape index (κ3) is 5.91. The monoisotopic (exact) mass is 542 g/mol. The van der Waals surface area contributed by atoms with Crippen molar-refractivity contribution < 1.29 is 9.32 Å². The van der Waals surface area contributed by atoms with Crippen molar-refractivity contribution >= 4 is 17.4 Å². The molecular weight excluding hydrogens is 504 g/mol. The number of anilines is 2. The van der Waals surface area contributed by atoms with Gasteiger partial charge >= 0.3 is 0 Å². The second-order valence-corrected chi connectivity index (χ2v) is 12.4. The lowest BCUT2D eigenvalue weighted by Gasteiger charge is -2.43. The molecule has 5 rings (SSSR count). The van der Waals surface area contributed by atoms with E-state index in [0.29, 0.717) is 22.8 Å². The first-order chi connectivity index (χ1) is 18.9. The van der Waals surface area contributed by atoms with Gasteiger partial charge in [0, 0.05) is 60.5 Å². The zero-order valence-electron chi connectivity index (χ0n) is 24.4. The summed E-state index contributed by atoms with van der Waals surface area (Å²) in [6, 6.07) is 9.35. The Labute approximate surface area is 235 Å². The minimum Gasteiger partial charge on any atom is -0.368 e. The number of hydrogen-bond acceptors (Lipinski definition) is 8. The van der Waals surface area contributed by atoms with Crippen molar-refractivity contribution in [1.29, 1.82) is 0 Å². The summed E-state index contributed by atoms with van der Waals surface area (Å²) >= 11 is 0. The molecule has 4 aromatic rings. The average Bonchev–Trinajstić information content (AvgIpc) is 3.59. The lowest BCUT2D eigenvalue weighted by Crippen LogP contribution is -2.53. The van der Waals surface area contributed by atoms with Crippen molar-refractivity contribution in [2.24, 2.45) is 0 Å². The molecule has 0 unspecified atom stereocenters. The molecular formula is C30H38N8O2. The van der Waals surface area contributed by atoms with E-state index in [1.54, 1.807) is 22.9 Å². The maximum atomic E-state index is 13.0. The molecule has 1 saturated heterocycles. The maximum absolute atomic E-state index is 13.0. The standard InChI is InChI=1S/C30H38N8O2/c1-20-8-9-21(28(39)32-27-16-26(40-34-27)29(2,3)4)15-25(20)38-19-24(33-35-38)22-14-23(18-31-17-22)36-10-12-37(13-11-36)30(5,6)7/h8-9,14-19H,10-13H2,1-7H3,(H,32,34,39). The number of aryl methyl sites for hydroxylation is 1. The van der Waals surface area contributed by atoms with E-state index in [9.17, 15) is 4.79 Å². The van der Waals surface area contributed by atoms with Crippen LogP contribution in [0.1, 0.15) is 63.2 Å². The Morgan fingerprint density at radius 1 is 0.975 bits per heavy atom. The van der Waals surface area contributed by atoms with Crippen LogP contribution in [0.5, 0.6) is 0 Å². The largest absolute Gasteiger partial charge is 0.368 e. The van der Waals surface area contributed by atoms with Gasteiger partial charge in [-0.3, -0.25) is 14.7 Å². The number of carbonyl (C=O) groups excluding carboxylic acids is 1. The van der Waals surface area contributed by atoms with E-state index in [1.807, 2.05) is 52.4 Å². The molecule has 1 N–H and O–H groups in total. The van der Waals surface area contributed by atoms with Gasteiger partial charge in [0.25, 0.3) is 5.91 Å². The third-order valence-electron chi connectivity index (χ3n) is 7.32. The van der Waals surface area contributed by atoms with Crippen LogP contribution in [0.2, 0.25) is 0 Å². The molecule has 0 saturated carbocycles. The number of benzene rings is 1. The summed E-state index contributed by atoms with van der Waals surface area (Å²) in [6.45, 7) is 18.8. The van der Waals surface area contributed by atoms with Gasteiger partial charge in [0.05, 0.1) is 23.8 Å². The van der Waals surface area contributed by atoms with Crippen molar-refractivity contribution in [2.45, 2.75) is 59.4 Å². The van der Waals surface area contributed by atoms with E-state index in [-0.39, 0.29) is 16.9 Å². The highest BCUT2D eigenvalue weighted by molar-refractivity contribution is 6.04. The lowest BCUT2D eigenvalue weighted by atomic mass is 9.93. The fraction of sp³-hybridized carbons (Fsp3) is 0.433. The van der Waals surface area contributed by atoms with E-state index in [1.165, 1.54) is 0 Å². The summed E-state index contributed by atoms with van der Waals surface area (Å²) < 4.78 is 7.09. The van der Waals surface area contributed by atoms with E-state index in [2.05, 4.69) is 62.4 Å².